The Labute approximate surface area is 75.7 Å². The molecular weight excluding hydrogens is 178 g/mol. The SMILES string of the molecule is CN[C@@H](CSCC(=O)O)C(C)=O. The van der Waals surface area contributed by atoms with E-state index in [2.05, 4.69) is 5.32 Å². The molecule has 0 saturated carbocycles. The summed E-state index contributed by atoms with van der Waals surface area (Å²) in [7, 11) is 1.69. The Morgan fingerprint density at radius 3 is 2.50 bits per heavy atom. The summed E-state index contributed by atoms with van der Waals surface area (Å²) in [5.74, 6) is -0.252. The first-order valence-electron chi connectivity index (χ1n) is 3.55. The number of carboxylic acids is 1. The zero-order valence-corrected chi connectivity index (χ0v) is 7.98. The molecule has 0 aliphatic rings. The molecule has 0 unspecified atom stereocenters. The molecule has 0 rings (SSSR count). The van der Waals surface area contributed by atoms with Gasteiger partial charge in [-0.1, -0.05) is 0 Å². The number of aliphatic carboxylic acids is 1. The van der Waals surface area contributed by atoms with Crippen molar-refractivity contribution < 1.29 is 14.7 Å². The quantitative estimate of drug-likeness (QED) is 0.617. The van der Waals surface area contributed by atoms with E-state index in [1.807, 2.05) is 0 Å². The predicted molar refractivity (Wildman–Crippen MR) is 48.5 cm³/mol. The Hall–Kier alpha value is -0.550. The van der Waals surface area contributed by atoms with Gasteiger partial charge in [-0.3, -0.25) is 9.59 Å². The summed E-state index contributed by atoms with van der Waals surface area (Å²) in [6.07, 6.45) is 0. The maximum absolute atomic E-state index is 10.8. The largest absolute Gasteiger partial charge is 0.481 e. The summed E-state index contributed by atoms with van der Waals surface area (Å²) in [4.78, 5) is 20.9. The number of carbonyl (C=O) groups is 2. The third kappa shape index (κ3) is 5.15. The topological polar surface area (TPSA) is 66.4 Å². The van der Waals surface area contributed by atoms with E-state index in [1.165, 1.54) is 18.7 Å². The van der Waals surface area contributed by atoms with Crippen molar-refractivity contribution >= 4 is 23.5 Å². The number of Topliss-reactive ketones (excluding diaryl/α,β-unsaturated/α-hetero) is 1. The molecule has 0 spiro atoms. The highest BCUT2D eigenvalue weighted by molar-refractivity contribution is 8.00. The maximum Gasteiger partial charge on any atom is 0.313 e. The average Bonchev–Trinajstić information content (AvgIpc) is 1.96. The number of hydrogen-bond acceptors (Lipinski definition) is 4. The maximum atomic E-state index is 10.8. The number of ketones is 1. The van der Waals surface area contributed by atoms with Crippen LogP contribution in [0, 0.1) is 0 Å². The van der Waals surface area contributed by atoms with Gasteiger partial charge in [0, 0.05) is 5.75 Å². The van der Waals surface area contributed by atoms with Gasteiger partial charge in [-0.2, -0.15) is 0 Å². The number of likely N-dealkylation sites (N-methyl/N-ethyl adjacent to an activating group) is 1. The van der Waals surface area contributed by atoms with Gasteiger partial charge in [0.15, 0.2) is 0 Å². The van der Waals surface area contributed by atoms with Crippen LogP contribution in [0.5, 0.6) is 0 Å². The molecule has 12 heavy (non-hydrogen) atoms. The van der Waals surface area contributed by atoms with Gasteiger partial charge in [-0.25, -0.2) is 0 Å². The van der Waals surface area contributed by atoms with Crippen molar-refractivity contribution in [2.75, 3.05) is 18.6 Å². The lowest BCUT2D eigenvalue weighted by Crippen LogP contribution is -2.34. The highest BCUT2D eigenvalue weighted by atomic mass is 32.2. The van der Waals surface area contributed by atoms with E-state index in [9.17, 15) is 9.59 Å². The molecule has 0 aromatic rings. The van der Waals surface area contributed by atoms with Crippen molar-refractivity contribution in [2.24, 2.45) is 0 Å². The number of nitrogens with one attached hydrogen (secondary N) is 1. The number of thioether (sulfide) groups is 1. The van der Waals surface area contributed by atoms with E-state index in [0.717, 1.165) is 0 Å². The summed E-state index contributed by atoms with van der Waals surface area (Å²) in [5.41, 5.74) is 0. The third-order valence-corrected chi connectivity index (χ3v) is 2.37. The van der Waals surface area contributed by atoms with Gasteiger partial charge in [-0.15, -0.1) is 11.8 Å². The lowest BCUT2D eigenvalue weighted by atomic mass is 10.2. The van der Waals surface area contributed by atoms with E-state index in [4.69, 9.17) is 5.11 Å². The second-order valence-electron chi connectivity index (χ2n) is 2.36. The van der Waals surface area contributed by atoms with E-state index in [-0.39, 0.29) is 17.6 Å². The number of carboxylic acid groups (broad SMARTS) is 1. The molecule has 4 nitrogen and oxygen atoms in total. The molecule has 70 valence electrons. The highest BCUT2D eigenvalue weighted by Crippen LogP contribution is 2.02. The Morgan fingerprint density at radius 1 is 1.58 bits per heavy atom. The van der Waals surface area contributed by atoms with E-state index in [1.54, 1.807) is 7.05 Å². The van der Waals surface area contributed by atoms with E-state index >= 15 is 0 Å². The van der Waals surface area contributed by atoms with Crippen LogP contribution >= 0.6 is 11.8 Å². The van der Waals surface area contributed by atoms with E-state index < -0.39 is 5.97 Å². The van der Waals surface area contributed by atoms with Gasteiger partial charge in [-0.05, 0) is 14.0 Å². The molecule has 0 bridgehead atoms. The molecule has 0 aromatic heterocycles. The molecule has 0 fully saturated rings. The summed E-state index contributed by atoms with van der Waals surface area (Å²) < 4.78 is 0. The summed E-state index contributed by atoms with van der Waals surface area (Å²) in [5, 5.41) is 11.1. The second-order valence-corrected chi connectivity index (χ2v) is 3.39. The molecule has 0 saturated heterocycles. The normalized spacial score (nSPS) is 12.5. The van der Waals surface area contributed by atoms with Crippen molar-refractivity contribution in [2.45, 2.75) is 13.0 Å². The van der Waals surface area contributed by atoms with Crippen LogP contribution < -0.4 is 5.32 Å². The minimum atomic E-state index is -0.849. The smallest absolute Gasteiger partial charge is 0.313 e. The monoisotopic (exact) mass is 191 g/mol. The van der Waals surface area contributed by atoms with Crippen molar-refractivity contribution in [3.63, 3.8) is 0 Å². The first kappa shape index (κ1) is 11.4. The van der Waals surface area contributed by atoms with Crippen LogP contribution in [-0.2, 0) is 9.59 Å². The number of rotatable bonds is 6. The van der Waals surface area contributed by atoms with Crippen LogP contribution in [-0.4, -0.2) is 41.5 Å². The minimum Gasteiger partial charge on any atom is -0.481 e. The van der Waals surface area contributed by atoms with Crippen LogP contribution in [0.4, 0.5) is 0 Å². The molecule has 0 aliphatic heterocycles. The second kappa shape index (κ2) is 6.02. The van der Waals surface area contributed by atoms with Gasteiger partial charge in [0.25, 0.3) is 0 Å². The number of hydrogen-bond donors (Lipinski definition) is 2. The Balaban J connectivity index is 3.59. The zero-order valence-electron chi connectivity index (χ0n) is 7.16. The average molecular weight is 191 g/mol. The Morgan fingerprint density at radius 2 is 2.17 bits per heavy atom. The fourth-order valence-electron chi connectivity index (χ4n) is 0.668. The van der Waals surface area contributed by atoms with Crippen LogP contribution in [0.25, 0.3) is 0 Å². The van der Waals surface area contributed by atoms with Crippen LogP contribution in [0.3, 0.4) is 0 Å². The summed E-state index contributed by atoms with van der Waals surface area (Å²) >= 11 is 1.24. The molecule has 0 heterocycles. The fourth-order valence-corrected chi connectivity index (χ4v) is 1.60. The lowest BCUT2D eigenvalue weighted by molar-refractivity contribution is -0.134. The van der Waals surface area contributed by atoms with Crippen LogP contribution in [0.2, 0.25) is 0 Å². The van der Waals surface area contributed by atoms with Gasteiger partial charge in [0.2, 0.25) is 0 Å². The molecular formula is C7H13NO3S. The molecule has 2 N–H and O–H groups in total. The van der Waals surface area contributed by atoms with Gasteiger partial charge in [0.1, 0.15) is 5.78 Å². The Bertz CT molecular complexity index is 172. The molecule has 5 heteroatoms. The minimum absolute atomic E-state index is 0.0374. The highest BCUT2D eigenvalue weighted by Gasteiger charge is 2.11. The van der Waals surface area contributed by atoms with Crippen molar-refractivity contribution in [1.29, 1.82) is 0 Å². The van der Waals surface area contributed by atoms with Gasteiger partial charge in [0.05, 0.1) is 11.8 Å². The van der Waals surface area contributed by atoms with Crippen molar-refractivity contribution in [3.8, 4) is 0 Å². The molecule has 1 atom stereocenters. The van der Waals surface area contributed by atoms with E-state index in [0.29, 0.717) is 5.75 Å². The number of carbonyl (C=O) groups excluding carboxylic acids is 1. The summed E-state index contributed by atoms with van der Waals surface area (Å²) in [6.45, 7) is 1.49. The molecule has 0 aromatic carbocycles. The fraction of sp³-hybridized carbons (Fsp3) is 0.714. The predicted octanol–water partition coefficient (Wildman–Crippen LogP) is -0.0188. The van der Waals surface area contributed by atoms with Crippen LogP contribution in [0.15, 0.2) is 0 Å². The lowest BCUT2D eigenvalue weighted by Gasteiger charge is -2.10. The van der Waals surface area contributed by atoms with Crippen molar-refractivity contribution in [3.05, 3.63) is 0 Å². The van der Waals surface area contributed by atoms with Gasteiger partial charge >= 0.3 is 5.97 Å². The standard InChI is InChI=1S/C7H13NO3S/c1-5(9)6(8-2)3-12-4-7(10)11/h6,8H,3-4H2,1-2H3,(H,10,11)/t6-/m0/s1. The zero-order chi connectivity index (χ0) is 9.56. The summed E-state index contributed by atoms with van der Waals surface area (Å²) in [6, 6.07) is -0.227. The van der Waals surface area contributed by atoms with Gasteiger partial charge < -0.3 is 10.4 Å². The molecule has 0 radical (unpaired) electrons. The first-order chi connectivity index (χ1) is 5.57. The molecule has 0 amide bonds. The third-order valence-electron chi connectivity index (χ3n) is 1.35. The first-order valence-corrected chi connectivity index (χ1v) is 4.70. The van der Waals surface area contributed by atoms with Crippen LogP contribution in [0.1, 0.15) is 6.92 Å². The molecule has 0 aliphatic carbocycles. The Kier molecular flexibility index (Phi) is 5.74. The van der Waals surface area contributed by atoms with Crippen molar-refractivity contribution in [1.82, 2.24) is 5.32 Å².